The van der Waals surface area contributed by atoms with E-state index in [1.54, 1.807) is 17.1 Å². The molecular formula is C7H11N3O2S. The first kappa shape index (κ1) is 8.55. The molecule has 0 atom stereocenters. The number of rotatable bonds is 2. The maximum Gasteiger partial charge on any atom is 0.151 e. The minimum absolute atomic E-state index is 0.212. The van der Waals surface area contributed by atoms with E-state index in [2.05, 4.69) is 5.10 Å². The Bertz CT molecular complexity index is 397. The van der Waals surface area contributed by atoms with Crippen molar-refractivity contribution in [3.63, 3.8) is 0 Å². The number of anilines is 1. The maximum atomic E-state index is 10.8. The fraction of sp³-hybridized carbons (Fsp3) is 0.571. The summed E-state index contributed by atoms with van der Waals surface area (Å²) in [5.41, 5.74) is 6.08. The first-order chi connectivity index (χ1) is 6.05. The Morgan fingerprint density at radius 3 is 2.77 bits per heavy atom. The zero-order chi connectivity index (χ0) is 9.47. The summed E-state index contributed by atoms with van der Waals surface area (Å²) in [5.74, 6) is 0.781. The van der Waals surface area contributed by atoms with Gasteiger partial charge < -0.3 is 5.73 Å². The van der Waals surface area contributed by atoms with Gasteiger partial charge in [-0.3, -0.25) is 4.68 Å². The van der Waals surface area contributed by atoms with E-state index in [4.69, 9.17) is 5.73 Å². The highest BCUT2D eigenvalue weighted by molar-refractivity contribution is 7.92. The van der Waals surface area contributed by atoms with Crippen molar-refractivity contribution in [1.29, 1.82) is 0 Å². The van der Waals surface area contributed by atoms with Gasteiger partial charge >= 0.3 is 0 Å². The van der Waals surface area contributed by atoms with E-state index < -0.39 is 9.84 Å². The Hall–Kier alpha value is -1.04. The summed E-state index contributed by atoms with van der Waals surface area (Å²) in [4.78, 5) is 0. The summed E-state index contributed by atoms with van der Waals surface area (Å²) >= 11 is 0. The molecule has 0 aliphatic carbocycles. The first-order valence-electron chi connectivity index (χ1n) is 4.03. The average molecular weight is 201 g/mol. The summed E-state index contributed by atoms with van der Waals surface area (Å²) in [6.07, 6.45) is 3.28. The molecule has 13 heavy (non-hydrogen) atoms. The lowest BCUT2D eigenvalue weighted by Gasteiger charge is -2.25. The fourth-order valence-corrected chi connectivity index (χ4v) is 3.07. The van der Waals surface area contributed by atoms with Crippen LogP contribution in [-0.2, 0) is 16.4 Å². The first-order valence-corrected chi connectivity index (χ1v) is 5.86. The van der Waals surface area contributed by atoms with Crippen LogP contribution < -0.4 is 5.73 Å². The summed E-state index contributed by atoms with van der Waals surface area (Å²) in [5, 5.41) is 3.98. The van der Waals surface area contributed by atoms with Gasteiger partial charge in [-0.2, -0.15) is 5.10 Å². The predicted octanol–water partition coefficient (Wildman–Crippen LogP) is -0.490. The van der Waals surface area contributed by atoms with Crippen LogP contribution >= 0.6 is 0 Å². The maximum absolute atomic E-state index is 10.8. The number of sulfone groups is 1. The lowest BCUT2D eigenvalue weighted by Crippen LogP contribution is -2.38. The number of nitrogen functional groups attached to an aromatic ring is 1. The molecule has 2 heterocycles. The SMILES string of the molecule is Nc1cnn(CC2CS(=O)(=O)C2)c1. The van der Waals surface area contributed by atoms with E-state index in [0.717, 1.165) is 0 Å². The van der Waals surface area contributed by atoms with Crippen molar-refractivity contribution in [1.82, 2.24) is 9.78 Å². The van der Waals surface area contributed by atoms with E-state index in [1.165, 1.54) is 0 Å². The summed E-state index contributed by atoms with van der Waals surface area (Å²) in [7, 11) is -2.72. The summed E-state index contributed by atoms with van der Waals surface area (Å²) in [6.45, 7) is 0.649. The van der Waals surface area contributed by atoms with Crippen LogP contribution in [0.5, 0.6) is 0 Å². The molecule has 2 rings (SSSR count). The minimum Gasteiger partial charge on any atom is -0.396 e. The third-order valence-electron chi connectivity index (χ3n) is 2.08. The highest BCUT2D eigenvalue weighted by atomic mass is 32.2. The zero-order valence-electron chi connectivity index (χ0n) is 7.05. The van der Waals surface area contributed by atoms with Gasteiger partial charge in [0.1, 0.15) is 0 Å². The van der Waals surface area contributed by atoms with Crippen molar-refractivity contribution in [2.75, 3.05) is 17.2 Å². The van der Waals surface area contributed by atoms with Gasteiger partial charge in [0.2, 0.25) is 0 Å². The Balaban J connectivity index is 1.94. The number of hydrogen-bond acceptors (Lipinski definition) is 4. The second-order valence-electron chi connectivity index (χ2n) is 3.44. The molecule has 5 nitrogen and oxygen atoms in total. The van der Waals surface area contributed by atoms with Gasteiger partial charge in [0, 0.05) is 18.7 Å². The molecule has 1 saturated heterocycles. The second-order valence-corrected chi connectivity index (χ2v) is 5.59. The molecule has 0 spiro atoms. The van der Waals surface area contributed by atoms with Crippen LogP contribution in [0.4, 0.5) is 5.69 Å². The molecule has 0 amide bonds. The van der Waals surface area contributed by atoms with E-state index in [1.807, 2.05) is 0 Å². The molecule has 72 valence electrons. The lowest BCUT2D eigenvalue weighted by atomic mass is 10.2. The van der Waals surface area contributed by atoms with Crippen LogP contribution in [0.1, 0.15) is 0 Å². The Labute approximate surface area is 76.5 Å². The van der Waals surface area contributed by atoms with Gasteiger partial charge in [-0.15, -0.1) is 0 Å². The van der Waals surface area contributed by atoms with Crippen LogP contribution in [0, 0.1) is 5.92 Å². The zero-order valence-corrected chi connectivity index (χ0v) is 7.87. The van der Waals surface area contributed by atoms with Crippen LogP contribution in [0.3, 0.4) is 0 Å². The normalized spacial score (nSPS) is 21.2. The van der Waals surface area contributed by atoms with E-state index >= 15 is 0 Å². The van der Waals surface area contributed by atoms with Crippen molar-refractivity contribution < 1.29 is 8.42 Å². The molecule has 0 radical (unpaired) electrons. The topological polar surface area (TPSA) is 78.0 Å². The van der Waals surface area contributed by atoms with Gasteiger partial charge in [-0.05, 0) is 0 Å². The third kappa shape index (κ3) is 1.82. The molecule has 0 saturated carbocycles. The third-order valence-corrected chi connectivity index (χ3v) is 4.04. The average Bonchev–Trinajstić information content (AvgIpc) is 2.31. The molecule has 1 aliphatic heterocycles. The molecule has 0 bridgehead atoms. The summed E-state index contributed by atoms with van der Waals surface area (Å²) in [6, 6.07) is 0. The van der Waals surface area contributed by atoms with Gasteiger partial charge in [-0.25, -0.2) is 8.42 Å². The predicted molar refractivity (Wildman–Crippen MR) is 48.8 cm³/mol. The van der Waals surface area contributed by atoms with E-state index in [9.17, 15) is 8.42 Å². The van der Waals surface area contributed by atoms with Crippen molar-refractivity contribution >= 4 is 15.5 Å². The van der Waals surface area contributed by atoms with Gasteiger partial charge in [-0.1, -0.05) is 0 Å². The van der Waals surface area contributed by atoms with Crippen LogP contribution in [0.25, 0.3) is 0 Å². The van der Waals surface area contributed by atoms with Crippen molar-refractivity contribution in [2.24, 2.45) is 5.92 Å². The van der Waals surface area contributed by atoms with Crippen molar-refractivity contribution in [3.8, 4) is 0 Å². The molecule has 1 fully saturated rings. The molecule has 1 aromatic heterocycles. The van der Waals surface area contributed by atoms with Crippen LogP contribution in [-0.4, -0.2) is 29.7 Å². The standard InChI is InChI=1S/C7H11N3O2S/c8-7-1-9-10(3-7)2-6-4-13(11,12)5-6/h1,3,6H,2,4-5,8H2. The molecule has 2 N–H and O–H groups in total. The molecule has 0 aromatic carbocycles. The van der Waals surface area contributed by atoms with Crippen LogP contribution in [0.15, 0.2) is 12.4 Å². The summed E-state index contributed by atoms with van der Waals surface area (Å²) < 4.78 is 23.4. The molecule has 6 heteroatoms. The van der Waals surface area contributed by atoms with E-state index in [0.29, 0.717) is 12.2 Å². The van der Waals surface area contributed by atoms with E-state index in [-0.39, 0.29) is 17.4 Å². The quantitative estimate of drug-likeness (QED) is 0.700. The van der Waals surface area contributed by atoms with Crippen molar-refractivity contribution in [3.05, 3.63) is 12.4 Å². The monoisotopic (exact) mass is 201 g/mol. The molecular weight excluding hydrogens is 190 g/mol. The van der Waals surface area contributed by atoms with Gasteiger partial charge in [0.15, 0.2) is 9.84 Å². The minimum atomic E-state index is -2.72. The Morgan fingerprint density at radius 1 is 1.62 bits per heavy atom. The lowest BCUT2D eigenvalue weighted by molar-refractivity contribution is 0.443. The van der Waals surface area contributed by atoms with Gasteiger partial charge in [0.05, 0.1) is 23.4 Å². The number of aromatic nitrogens is 2. The van der Waals surface area contributed by atoms with Crippen molar-refractivity contribution in [2.45, 2.75) is 6.54 Å². The largest absolute Gasteiger partial charge is 0.396 e. The van der Waals surface area contributed by atoms with Crippen LogP contribution in [0.2, 0.25) is 0 Å². The highest BCUT2D eigenvalue weighted by Gasteiger charge is 2.33. The van der Waals surface area contributed by atoms with Gasteiger partial charge in [0.25, 0.3) is 0 Å². The highest BCUT2D eigenvalue weighted by Crippen LogP contribution is 2.19. The molecule has 1 aromatic rings. The second kappa shape index (κ2) is 2.73. The smallest absolute Gasteiger partial charge is 0.151 e. The Morgan fingerprint density at radius 2 is 2.31 bits per heavy atom. The number of nitrogens with two attached hydrogens (primary N) is 1. The number of nitrogens with zero attached hydrogens (tertiary/aromatic N) is 2. The molecule has 0 unspecified atom stereocenters. The molecule has 1 aliphatic rings. The fourth-order valence-electron chi connectivity index (χ4n) is 1.52. The Kier molecular flexibility index (Phi) is 1.80. The number of hydrogen-bond donors (Lipinski definition) is 1.